The number of benzene rings is 2. The molecule has 0 saturated heterocycles. The minimum absolute atomic E-state index is 0.102. The smallest absolute Gasteiger partial charge is 0.262 e. The number of hydrogen-bond donors (Lipinski definition) is 1. The average molecular weight is 334 g/mol. The van der Waals surface area contributed by atoms with Crippen LogP contribution in [0, 0.1) is 0 Å². The molecule has 0 aliphatic heterocycles. The summed E-state index contributed by atoms with van der Waals surface area (Å²) in [5.41, 5.74) is 1.09. The van der Waals surface area contributed by atoms with Crippen molar-refractivity contribution in [3.63, 3.8) is 0 Å². The highest BCUT2D eigenvalue weighted by molar-refractivity contribution is 7.92. The third kappa shape index (κ3) is 5.00. The molecule has 0 radical (unpaired) electrons. The highest BCUT2D eigenvalue weighted by atomic mass is 32.2. The molecular formula is C16H18N2O4S. The Bertz CT molecular complexity index is 758. The van der Waals surface area contributed by atoms with Crippen molar-refractivity contribution in [2.45, 2.75) is 0 Å². The molecule has 0 aliphatic carbocycles. The molecule has 6 nitrogen and oxygen atoms in total. The summed E-state index contributed by atoms with van der Waals surface area (Å²) in [6, 6.07) is 15.6. The van der Waals surface area contributed by atoms with E-state index in [-0.39, 0.29) is 12.5 Å². The maximum atomic E-state index is 11.8. The summed E-state index contributed by atoms with van der Waals surface area (Å²) in [6.07, 6.45) is 1.13. The van der Waals surface area contributed by atoms with Crippen LogP contribution in [0.25, 0.3) is 0 Å². The first kappa shape index (κ1) is 16.8. The second-order valence-electron chi connectivity index (χ2n) is 4.93. The predicted octanol–water partition coefficient (Wildman–Crippen LogP) is 2.10. The summed E-state index contributed by atoms with van der Waals surface area (Å²) >= 11 is 0. The van der Waals surface area contributed by atoms with Gasteiger partial charge in [0.1, 0.15) is 5.75 Å². The lowest BCUT2D eigenvalue weighted by molar-refractivity contribution is -0.118. The van der Waals surface area contributed by atoms with E-state index in [1.807, 2.05) is 18.2 Å². The summed E-state index contributed by atoms with van der Waals surface area (Å²) in [7, 11) is -1.84. The average Bonchev–Trinajstić information content (AvgIpc) is 2.53. The van der Waals surface area contributed by atoms with Gasteiger partial charge in [0, 0.05) is 12.7 Å². The first-order chi connectivity index (χ1) is 10.9. The molecule has 0 fully saturated rings. The SMILES string of the molecule is CN(c1ccc(NC(=O)COc2ccccc2)cc1)S(C)(=O)=O. The van der Waals surface area contributed by atoms with Gasteiger partial charge in [-0.2, -0.15) is 0 Å². The Hall–Kier alpha value is -2.54. The Morgan fingerprint density at radius 1 is 1.09 bits per heavy atom. The van der Waals surface area contributed by atoms with Crippen LogP contribution in [-0.4, -0.2) is 34.2 Å². The predicted molar refractivity (Wildman–Crippen MR) is 90.3 cm³/mol. The number of hydrogen-bond acceptors (Lipinski definition) is 4. The van der Waals surface area contributed by atoms with Crippen molar-refractivity contribution in [2.24, 2.45) is 0 Å². The zero-order valence-corrected chi connectivity index (χ0v) is 13.7. The van der Waals surface area contributed by atoms with Gasteiger partial charge in [0.2, 0.25) is 10.0 Å². The Kier molecular flexibility index (Phi) is 5.23. The molecule has 1 N–H and O–H groups in total. The number of sulfonamides is 1. The van der Waals surface area contributed by atoms with Gasteiger partial charge in [-0.15, -0.1) is 0 Å². The van der Waals surface area contributed by atoms with Gasteiger partial charge in [-0.3, -0.25) is 9.10 Å². The number of ether oxygens (including phenoxy) is 1. The Labute approximate surface area is 135 Å². The highest BCUT2D eigenvalue weighted by Gasteiger charge is 2.11. The molecule has 7 heteroatoms. The van der Waals surface area contributed by atoms with Crippen LogP contribution in [0.5, 0.6) is 5.75 Å². The fraction of sp³-hybridized carbons (Fsp3) is 0.188. The molecule has 0 atom stereocenters. The van der Waals surface area contributed by atoms with Gasteiger partial charge in [-0.25, -0.2) is 8.42 Å². The van der Waals surface area contributed by atoms with Gasteiger partial charge >= 0.3 is 0 Å². The maximum Gasteiger partial charge on any atom is 0.262 e. The van der Waals surface area contributed by atoms with E-state index >= 15 is 0 Å². The van der Waals surface area contributed by atoms with Crippen molar-refractivity contribution in [3.05, 3.63) is 54.6 Å². The lowest BCUT2D eigenvalue weighted by Crippen LogP contribution is -2.24. The molecule has 1 amide bonds. The molecule has 0 unspecified atom stereocenters. The molecule has 0 bridgehead atoms. The zero-order chi connectivity index (χ0) is 16.9. The van der Waals surface area contributed by atoms with Crippen LogP contribution in [0.1, 0.15) is 0 Å². The lowest BCUT2D eigenvalue weighted by Gasteiger charge is -2.16. The van der Waals surface area contributed by atoms with E-state index in [0.717, 1.165) is 10.6 Å². The maximum absolute atomic E-state index is 11.8. The minimum atomic E-state index is -3.31. The van der Waals surface area contributed by atoms with E-state index in [9.17, 15) is 13.2 Å². The van der Waals surface area contributed by atoms with Crippen LogP contribution in [0.4, 0.5) is 11.4 Å². The van der Waals surface area contributed by atoms with Crippen molar-refractivity contribution in [1.29, 1.82) is 0 Å². The van der Waals surface area contributed by atoms with E-state index in [1.165, 1.54) is 7.05 Å². The van der Waals surface area contributed by atoms with Crippen LogP contribution >= 0.6 is 0 Å². The van der Waals surface area contributed by atoms with E-state index in [2.05, 4.69) is 5.32 Å². The summed E-state index contributed by atoms with van der Waals surface area (Å²) in [5.74, 6) is 0.325. The fourth-order valence-corrected chi connectivity index (χ4v) is 2.31. The van der Waals surface area contributed by atoms with Gasteiger partial charge in [-0.05, 0) is 36.4 Å². The van der Waals surface area contributed by atoms with E-state index in [4.69, 9.17) is 4.74 Å². The van der Waals surface area contributed by atoms with Crippen molar-refractivity contribution in [3.8, 4) is 5.75 Å². The van der Waals surface area contributed by atoms with Crippen LogP contribution in [0.3, 0.4) is 0 Å². The van der Waals surface area contributed by atoms with Crippen LogP contribution in [0.15, 0.2) is 54.6 Å². The van der Waals surface area contributed by atoms with Crippen LogP contribution in [-0.2, 0) is 14.8 Å². The number of rotatable bonds is 6. The molecule has 2 aromatic carbocycles. The number of carbonyl (C=O) groups excluding carboxylic acids is 1. The number of nitrogens with zero attached hydrogens (tertiary/aromatic N) is 1. The second kappa shape index (κ2) is 7.15. The third-order valence-corrected chi connectivity index (χ3v) is 4.33. The van der Waals surface area contributed by atoms with Crippen LogP contribution in [0.2, 0.25) is 0 Å². The first-order valence-corrected chi connectivity index (χ1v) is 8.73. The second-order valence-corrected chi connectivity index (χ2v) is 6.94. The Morgan fingerprint density at radius 3 is 2.26 bits per heavy atom. The fourth-order valence-electron chi connectivity index (χ4n) is 1.81. The quantitative estimate of drug-likeness (QED) is 0.878. The number of anilines is 2. The molecule has 0 aliphatic rings. The zero-order valence-electron chi connectivity index (χ0n) is 12.9. The standard InChI is InChI=1S/C16H18N2O4S/c1-18(23(2,20)21)14-10-8-13(9-11-14)17-16(19)12-22-15-6-4-3-5-7-15/h3-11H,12H2,1-2H3,(H,17,19). The molecular weight excluding hydrogens is 316 g/mol. The van der Waals surface area contributed by atoms with Crippen molar-refractivity contribution < 1.29 is 17.9 Å². The molecule has 0 saturated carbocycles. The summed E-state index contributed by atoms with van der Waals surface area (Å²) in [5, 5.41) is 2.69. The van der Waals surface area contributed by atoms with Gasteiger partial charge in [-0.1, -0.05) is 18.2 Å². The van der Waals surface area contributed by atoms with Crippen molar-refractivity contribution >= 4 is 27.3 Å². The topological polar surface area (TPSA) is 75.7 Å². The Balaban J connectivity index is 1.92. The normalized spacial score (nSPS) is 10.9. The lowest BCUT2D eigenvalue weighted by atomic mass is 10.3. The molecule has 2 rings (SSSR count). The van der Waals surface area contributed by atoms with Gasteiger partial charge < -0.3 is 10.1 Å². The van der Waals surface area contributed by atoms with Crippen molar-refractivity contribution in [1.82, 2.24) is 0 Å². The van der Waals surface area contributed by atoms with E-state index < -0.39 is 10.0 Å². The molecule has 0 spiro atoms. The van der Waals surface area contributed by atoms with E-state index in [0.29, 0.717) is 17.1 Å². The Morgan fingerprint density at radius 2 is 1.70 bits per heavy atom. The van der Waals surface area contributed by atoms with Crippen molar-refractivity contribution in [2.75, 3.05) is 29.5 Å². The molecule has 0 heterocycles. The summed E-state index contributed by atoms with van der Waals surface area (Å²) in [6.45, 7) is -0.102. The molecule has 0 aromatic heterocycles. The molecule has 122 valence electrons. The van der Waals surface area contributed by atoms with Gasteiger partial charge in [0.05, 0.1) is 11.9 Å². The number of amides is 1. The van der Waals surface area contributed by atoms with Gasteiger partial charge in [0.15, 0.2) is 6.61 Å². The molecule has 2 aromatic rings. The monoisotopic (exact) mass is 334 g/mol. The van der Waals surface area contributed by atoms with Gasteiger partial charge in [0.25, 0.3) is 5.91 Å². The third-order valence-electron chi connectivity index (χ3n) is 3.13. The first-order valence-electron chi connectivity index (χ1n) is 6.88. The summed E-state index contributed by atoms with van der Waals surface area (Å²) < 4.78 is 29.4. The van der Waals surface area contributed by atoms with Crippen LogP contribution < -0.4 is 14.4 Å². The van der Waals surface area contributed by atoms with E-state index in [1.54, 1.807) is 36.4 Å². The molecule has 23 heavy (non-hydrogen) atoms. The number of carbonyl (C=O) groups is 1. The summed E-state index contributed by atoms with van der Waals surface area (Å²) in [4.78, 5) is 11.8. The largest absolute Gasteiger partial charge is 0.484 e. The minimum Gasteiger partial charge on any atom is -0.484 e. The highest BCUT2D eigenvalue weighted by Crippen LogP contribution is 2.18. The number of para-hydroxylation sites is 1. The number of nitrogens with one attached hydrogen (secondary N) is 1.